The van der Waals surface area contributed by atoms with E-state index in [1.807, 2.05) is 0 Å². The second-order valence-corrected chi connectivity index (χ2v) is 9.97. The average molecular weight is 582 g/mol. The maximum absolute atomic E-state index is 14.0. The normalized spacial score (nSPS) is 15.2. The summed E-state index contributed by atoms with van der Waals surface area (Å²) in [6.45, 7) is 3.09. The van der Waals surface area contributed by atoms with Crippen LogP contribution in [0.25, 0.3) is 6.08 Å². The number of hydrogen-bond acceptors (Lipinski definition) is 7. The van der Waals surface area contributed by atoms with Gasteiger partial charge in [-0.1, -0.05) is 11.2 Å². The molecule has 0 aliphatic carbocycles. The zero-order valence-electron chi connectivity index (χ0n) is 21.4. The maximum atomic E-state index is 14.0. The third-order valence-electron chi connectivity index (χ3n) is 6.22. The van der Waals surface area contributed by atoms with E-state index in [2.05, 4.69) is 15.2 Å². The van der Waals surface area contributed by atoms with Gasteiger partial charge in [0.2, 0.25) is 5.91 Å². The van der Waals surface area contributed by atoms with Gasteiger partial charge in [-0.3, -0.25) is 9.48 Å². The molecule has 0 saturated carbocycles. The molecule has 0 N–H and O–H groups in total. The lowest BCUT2D eigenvalue weighted by molar-refractivity contribution is -0.142. The molecule has 8 nitrogen and oxygen atoms in total. The zero-order valence-corrected chi connectivity index (χ0v) is 22.2. The summed E-state index contributed by atoms with van der Waals surface area (Å²) in [5.41, 5.74) is -0.668. The number of hydrogen-bond donors (Lipinski definition) is 0. The predicted octanol–water partition coefficient (Wildman–Crippen LogP) is 5.33. The number of benzene rings is 1. The van der Waals surface area contributed by atoms with Crippen LogP contribution in [0.15, 0.2) is 40.9 Å². The topological polar surface area (TPSA) is 89.7 Å². The summed E-state index contributed by atoms with van der Waals surface area (Å²) in [5, 5.41) is 9.70. The van der Waals surface area contributed by atoms with E-state index in [1.54, 1.807) is 10.3 Å². The van der Waals surface area contributed by atoms with Gasteiger partial charge in [0.05, 0.1) is 5.01 Å². The first-order valence-electron chi connectivity index (χ1n) is 12.1. The molecule has 0 radical (unpaired) electrons. The van der Waals surface area contributed by atoms with Crippen LogP contribution in [0.2, 0.25) is 0 Å². The van der Waals surface area contributed by atoms with Crippen molar-refractivity contribution in [2.24, 2.45) is 5.16 Å². The van der Waals surface area contributed by atoms with Crippen molar-refractivity contribution >= 4 is 35.0 Å². The smallest absolute Gasteiger partial charge is 0.341 e. The Balaban J connectivity index is 1.42. The monoisotopic (exact) mass is 581 g/mol. The first-order valence-corrected chi connectivity index (χ1v) is 13.0. The fourth-order valence-corrected chi connectivity index (χ4v) is 5.10. The highest BCUT2D eigenvalue weighted by molar-refractivity contribution is 7.10. The Morgan fingerprint density at radius 2 is 1.88 bits per heavy atom. The number of rotatable bonds is 7. The van der Waals surface area contributed by atoms with E-state index in [-0.39, 0.29) is 35.3 Å². The van der Waals surface area contributed by atoms with Gasteiger partial charge in [-0.05, 0) is 50.1 Å². The lowest BCUT2D eigenvalue weighted by Crippen LogP contribution is -2.40. The Morgan fingerprint density at radius 1 is 1.20 bits per heavy atom. The molecule has 1 aromatic carbocycles. The van der Waals surface area contributed by atoms with Gasteiger partial charge < -0.3 is 9.74 Å². The van der Waals surface area contributed by atoms with Crippen LogP contribution in [0.4, 0.5) is 22.0 Å². The van der Waals surface area contributed by atoms with Crippen molar-refractivity contribution in [1.29, 1.82) is 0 Å². The third-order valence-corrected chi connectivity index (χ3v) is 7.23. The third kappa shape index (κ3) is 6.97. The van der Waals surface area contributed by atoms with Crippen LogP contribution in [0.5, 0.6) is 0 Å². The van der Waals surface area contributed by atoms with Gasteiger partial charge >= 0.3 is 12.1 Å². The van der Waals surface area contributed by atoms with E-state index in [1.165, 1.54) is 36.5 Å². The summed E-state index contributed by atoms with van der Waals surface area (Å²) in [6.07, 6.45) is -0.980. The van der Waals surface area contributed by atoms with Crippen molar-refractivity contribution in [2.45, 2.75) is 45.3 Å². The standard InChI is InChI=1S/C26H24F5N5O3S/c1-15-12-23(26(29,30)31)33-36(15)13-24(38)35-10-8-17(9-11-35)25-32-22(14-40-25)21(34-39-16(2)37)7-6-18-19(27)4-3-5-20(18)28/h3-7,12,14,17H,8-11,13H2,1-2H3/b7-6+,34-21+. The summed E-state index contributed by atoms with van der Waals surface area (Å²) in [6, 6.07) is 4.36. The Morgan fingerprint density at radius 3 is 2.48 bits per heavy atom. The predicted molar refractivity (Wildman–Crippen MR) is 136 cm³/mol. The molecule has 40 heavy (non-hydrogen) atoms. The number of aromatic nitrogens is 3. The second-order valence-electron chi connectivity index (χ2n) is 9.08. The Labute approximate surface area is 229 Å². The number of carbonyl (C=O) groups excluding carboxylic acids is 2. The van der Waals surface area contributed by atoms with Crippen molar-refractivity contribution in [3.05, 3.63) is 75.0 Å². The number of nitrogens with zero attached hydrogens (tertiary/aromatic N) is 5. The molecule has 1 aliphatic rings. The number of halogens is 5. The number of oxime groups is 1. The van der Waals surface area contributed by atoms with Crippen LogP contribution in [-0.4, -0.2) is 50.3 Å². The summed E-state index contributed by atoms with van der Waals surface area (Å²) < 4.78 is 67.9. The molecule has 14 heteroatoms. The second kappa shape index (κ2) is 12.1. The van der Waals surface area contributed by atoms with E-state index in [9.17, 15) is 31.5 Å². The van der Waals surface area contributed by atoms with E-state index < -0.39 is 29.5 Å². The molecule has 4 rings (SSSR count). The van der Waals surface area contributed by atoms with Crippen LogP contribution in [0, 0.1) is 18.6 Å². The van der Waals surface area contributed by atoms with E-state index >= 15 is 0 Å². The highest BCUT2D eigenvalue weighted by Gasteiger charge is 2.35. The molecule has 0 bridgehead atoms. The van der Waals surface area contributed by atoms with Crippen LogP contribution in [0.1, 0.15) is 53.3 Å². The quantitative estimate of drug-likeness (QED) is 0.163. The molecular formula is C26H24F5N5O3S. The average Bonchev–Trinajstić information content (AvgIpc) is 3.53. The van der Waals surface area contributed by atoms with Gasteiger partial charge in [0.1, 0.15) is 29.6 Å². The van der Waals surface area contributed by atoms with E-state index in [4.69, 9.17) is 4.84 Å². The summed E-state index contributed by atoms with van der Waals surface area (Å²) in [5.74, 6) is -2.57. The number of alkyl halides is 3. The molecule has 0 spiro atoms. The Hall–Kier alpha value is -3.94. The minimum absolute atomic E-state index is 0.00552. The number of piperidine rings is 1. The minimum atomic E-state index is -4.59. The number of thiazole rings is 1. The molecule has 212 valence electrons. The first kappa shape index (κ1) is 29.1. The summed E-state index contributed by atoms with van der Waals surface area (Å²) >= 11 is 1.33. The maximum Gasteiger partial charge on any atom is 0.435 e. The highest BCUT2D eigenvalue weighted by atomic mass is 32.1. The molecule has 1 fully saturated rings. The molecule has 0 unspecified atom stereocenters. The molecule has 1 saturated heterocycles. The highest BCUT2D eigenvalue weighted by Crippen LogP contribution is 2.31. The van der Waals surface area contributed by atoms with Gasteiger partial charge in [-0.2, -0.15) is 18.3 Å². The SMILES string of the molecule is CC(=O)O/N=C(\C=C\c1c(F)cccc1F)c1csc(C2CCN(C(=O)Cn3nc(C(F)(F)F)cc3C)CC2)n1. The summed E-state index contributed by atoms with van der Waals surface area (Å²) in [4.78, 5) is 34.9. The van der Waals surface area contributed by atoms with Crippen molar-refractivity contribution in [3.63, 3.8) is 0 Å². The van der Waals surface area contributed by atoms with Crippen molar-refractivity contribution in [3.8, 4) is 0 Å². The summed E-state index contributed by atoms with van der Waals surface area (Å²) in [7, 11) is 0. The van der Waals surface area contributed by atoms with Gasteiger partial charge in [0, 0.05) is 42.6 Å². The zero-order chi connectivity index (χ0) is 29.0. The van der Waals surface area contributed by atoms with Crippen LogP contribution < -0.4 is 0 Å². The number of aryl methyl sites for hydroxylation is 1. The van der Waals surface area contributed by atoms with Crippen molar-refractivity contribution in [1.82, 2.24) is 19.7 Å². The van der Waals surface area contributed by atoms with Gasteiger partial charge in [-0.15, -0.1) is 11.3 Å². The lowest BCUT2D eigenvalue weighted by Gasteiger charge is -2.31. The lowest BCUT2D eigenvalue weighted by atomic mass is 9.97. The largest absolute Gasteiger partial charge is 0.435 e. The number of likely N-dealkylation sites (tertiary alicyclic amines) is 1. The first-order chi connectivity index (χ1) is 18.9. The molecule has 2 aromatic heterocycles. The van der Waals surface area contributed by atoms with Crippen molar-refractivity contribution in [2.75, 3.05) is 13.1 Å². The molecular weight excluding hydrogens is 557 g/mol. The Bertz CT molecular complexity index is 1430. The van der Waals surface area contributed by atoms with Gasteiger partial charge in [0.25, 0.3) is 0 Å². The van der Waals surface area contributed by atoms with Crippen molar-refractivity contribution < 1.29 is 36.4 Å². The van der Waals surface area contributed by atoms with Crippen LogP contribution >= 0.6 is 11.3 Å². The fourth-order valence-electron chi connectivity index (χ4n) is 4.11. The van der Waals surface area contributed by atoms with Crippen LogP contribution in [-0.2, 0) is 27.1 Å². The molecule has 3 aromatic rings. The van der Waals surface area contributed by atoms with Gasteiger partial charge in [-0.25, -0.2) is 18.6 Å². The minimum Gasteiger partial charge on any atom is -0.341 e. The fraction of sp³-hybridized carbons (Fsp3) is 0.346. The molecule has 0 atom stereocenters. The van der Waals surface area contributed by atoms with Crippen LogP contribution in [0.3, 0.4) is 0 Å². The Kier molecular flexibility index (Phi) is 8.76. The number of amides is 1. The number of carbonyl (C=O) groups is 2. The molecule has 1 amide bonds. The van der Waals surface area contributed by atoms with Gasteiger partial charge in [0.15, 0.2) is 5.69 Å². The van der Waals surface area contributed by atoms with E-state index in [0.29, 0.717) is 31.6 Å². The molecule has 3 heterocycles. The molecule has 1 aliphatic heterocycles. The number of allylic oxidation sites excluding steroid dienone is 1. The van der Waals surface area contributed by atoms with E-state index in [0.717, 1.165) is 34.8 Å².